The molecule has 1 saturated heterocycles. The fourth-order valence-electron chi connectivity index (χ4n) is 3.64. The zero-order valence-corrected chi connectivity index (χ0v) is 16.3. The molecule has 2 heterocycles. The third kappa shape index (κ3) is 4.57. The lowest BCUT2D eigenvalue weighted by atomic mass is 9.98. The number of amides is 1. The first-order valence-corrected chi connectivity index (χ1v) is 9.91. The number of thiazole rings is 1. The molecular formula is C19H28N4OS. The first kappa shape index (κ1) is 18.3. The maximum atomic E-state index is 12.8. The van der Waals surface area contributed by atoms with E-state index in [1.54, 1.807) is 11.3 Å². The number of likely N-dealkylation sites (N-methyl/N-ethyl adjacent to an activating group) is 2. The Morgan fingerprint density at radius 2 is 2.20 bits per heavy atom. The lowest BCUT2D eigenvalue weighted by molar-refractivity contribution is -0.119. The van der Waals surface area contributed by atoms with Crippen LogP contribution in [0.25, 0.3) is 10.2 Å². The Morgan fingerprint density at radius 1 is 1.40 bits per heavy atom. The number of fused-ring (bicyclic) bond motifs is 1. The van der Waals surface area contributed by atoms with Crippen molar-refractivity contribution in [3.05, 3.63) is 24.3 Å². The van der Waals surface area contributed by atoms with E-state index in [1.165, 1.54) is 19.4 Å². The standard InChI is InChI=1S/C19H28N4OS/c1-4-23(19-20-16-9-5-6-10-17(16)25-19)18(24)14-22(3)13-15-8-7-11-21(2)12-15/h5-6,9-10,15H,4,7-8,11-14H2,1-3H3. The minimum atomic E-state index is 0.133. The monoisotopic (exact) mass is 360 g/mol. The number of aromatic nitrogens is 1. The zero-order valence-electron chi connectivity index (χ0n) is 15.4. The van der Waals surface area contributed by atoms with E-state index in [0.29, 0.717) is 19.0 Å². The number of hydrogen-bond acceptors (Lipinski definition) is 5. The summed E-state index contributed by atoms with van der Waals surface area (Å²) in [6, 6.07) is 8.05. The van der Waals surface area contributed by atoms with Crippen molar-refractivity contribution in [1.82, 2.24) is 14.8 Å². The van der Waals surface area contributed by atoms with Gasteiger partial charge in [0.25, 0.3) is 0 Å². The van der Waals surface area contributed by atoms with Crippen LogP contribution in [0.1, 0.15) is 19.8 Å². The number of rotatable bonds is 6. The van der Waals surface area contributed by atoms with Crippen molar-refractivity contribution < 1.29 is 4.79 Å². The Bertz CT molecular complexity index is 683. The molecule has 1 aromatic carbocycles. The number of carbonyl (C=O) groups excluding carboxylic acids is 1. The van der Waals surface area contributed by atoms with Gasteiger partial charge in [0.1, 0.15) is 0 Å². The molecule has 1 aliphatic rings. The molecule has 0 radical (unpaired) electrons. The molecule has 2 aromatic rings. The summed E-state index contributed by atoms with van der Waals surface area (Å²) < 4.78 is 1.13. The predicted octanol–water partition coefficient (Wildman–Crippen LogP) is 2.92. The Balaban J connectivity index is 1.61. The molecule has 0 aliphatic carbocycles. The maximum absolute atomic E-state index is 12.8. The second-order valence-electron chi connectivity index (χ2n) is 7.07. The predicted molar refractivity (Wildman–Crippen MR) is 105 cm³/mol. The molecule has 1 fully saturated rings. The third-order valence-electron chi connectivity index (χ3n) is 4.83. The molecule has 5 nitrogen and oxygen atoms in total. The molecule has 1 atom stereocenters. The lowest BCUT2D eigenvalue weighted by Gasteiger charge is -2.32. The number of anilines is 1. The Kier molecular flexibility index (Phi) is 6.04. The van der Waals surface area contributed by atoms with E-state index in [2.05, 4.69) is 34.9 Å². The topological polar surface area (TPSA) is 39.7 Å². The summed E-state index contributed by atoms with van der Waals surface area (Å²) in [6.07, 6.45) is 2.52. The summed E-state index contributed by atoms with van der Waals surface area (Å²) in [7, 11) is 4.24. The number of benzene rings is 1. The molecule has 1 amide bonds. The molecule has 1 aromatic heterocycles. The second-order valence-corrected chi connectivity index (χ2v) is 8.08. The van der Waals surface area contributed by atoms with Crippen molar-refractivity contribution in [1.29, 1.82) is 0 Å². The van der Waals surface area contributed by atoms with Gasteiger partial charge in [-0.15, -0.1) is 0 Å². The fraction of sp³-hybridized carbons (Fsp3) is 0.579. The summed E-state index contributed by atoms with van der Waals surface area (Å²) in [5.74, 6) is 0.794. The van der Waals surface area contributed by atoms with Gasteiger partial charge < -0.3 is 4.90 Å². The van der Waals surface area contributed by atoms with E-state index >= 15 is 0 Å². The van der Waals surface area contributed by atoms with Crippen molar-refractivity contribution in [3.8, 4) is 0 Å². The van der Waals surface area contributed by atoms with Gasteiger partial charge >= 0.3 is 0 Å². The minimum absolute atomic E-state index is 0.133. The number of para-hydroxylation sites is 1. The molecule has 0 saturated carbocycles. The van der Waals surface area contributed by atoms with Crippen LogP contribution in [-0.2, 0) is 4.79 Å². The van der Waals surface area contributed by atoms with Crippen molar-refractivity contribution in [2.75, 3.05) is 51.7 Å². The van der Waals surface area contributed by atoms with Gasteiger partial charge in [0.05, 0.1) is 16.8 Å². The van der Waals surface area contributed by atoms with Gasteiger partial charge in [-0.1, -0.05) is 23.5 Å². The molecule has 1 aliphatic heterocycles. The van der Waals surface area contributed by atoms with Crippen LogP contribution >= 0.6 is 11.3 Å². The molecule has 3 rings (SSSR count). The summed E-state index contributed by atoms with van der Waals surface area (Å²) in [4.78, 5) is 23.8. The van der Waals surface area contributed by atoms with E-state index in [9.17, 15) is 4.79 Å². The van der Waals surface area contributed by atoms with E-state index in [0.717, 1.165) is 28.4 Å². The van der Waals surface area contributed by atoms with Crippen molar-refractivity contribution in [2.45, 2.75) is 19.8 Å². The quantitative estimate of drug-likeness (QED) is 0.794. The van der Waals surface area contributed by atoms with Crippen LogP contribution in [0.15, 0.2) is 24.3 Å². The first-order chi connectivity index (χ1) is 12.1. The smallest absolute Gasteiger partial charge is 0.242 e. The van der Waals surface area contributed by atoms with Crippen LogP contribution in [0.4, 0.5) is 5.13 Å². The fourth-order valence-corrected chi connectivity index (χ4v) is 4.68. The highest BCUT2D eigenvalue weighted by Gasteiger charge is 2.22. The molecule has 6 heteroatoms. The zero-order chi connectivity index (χ0) is 17.8. The summed E-state index contributed by atoms with van der Waals surface area (Å²) in [5.41, 5.74) is 0.965. The summed E-state index contributed by atoms with van der Waals surface area (Å²) >= 11 is 1.59. The van der Waals surface area contributed by atoms with Gasteiger partial charge in [0, 0.05) is 19.6 Å². The Hall–Kier alpha value is -1.50. The number of nitrogens with zero attached hydrogens (tertiary/aromatic N) is 4. The molecule has 0 bridgehead atoms. The average molecular weight is 361 g/mol. The summed E-state index contributed by atoms with van der Waals surface area (Å²) in [5, 5.41) is 0.805. The van der Waals surface area contributed by atoms with Gasteiger partial charge in [0.2, 0.25) is 5.91 Å². The highest BCUT2D eigenvalue weighted by Crippen LogP contribution is 2.28. The first-order valence-electron chi connectivity index (χ1n) is 9.10. The highest BCUT2D eigenvalue weighted by molar-refractivity contribution is 7.22. The van der Waals surface area contributed by atoms with E-state index in [1.807, 2.05) is 30.0 Å². The normalized spacial score (nSPS) is 18.8. The lowest BCUT2D eigenvalue weighted by Crippen LogP contribution is -2.43. The van der Waals surface area contributed by atoms with Gasteiger partial charge in [-0.05, 0) is 58.5 Å². The summed E-state index contributed by atoms with van der Waals surface area (Å²) in [6.45, 7) is 6.42. The van der Waals surface area contributed by atoms with Crippen LogP contribution in [0, 0.1) is 5.92 Å². The van der Waals surface area contributed by atoms with Gasteiger partial charge in [-0.3, -0.25) is 14.6 Å². The van der Waals surface area contributed by atoms with Crippen LogP contribution < -0.4 is 4.90 Å². The highest BCUT2D eigenvalue weighted by atomic mass is 32.1. The Morgan fingerprint density at radius 3 is 2.92 bits per heavy atom. The average Bonchev–Trinajstić information content (AvgIpc) is 2.98. The molecular weight excluding hydrogens is 332 g/mol. The number of likely N-dealkylation sites (tertiary alicyclic amines) is 1. The largest absolute Gasteiger partial charge is 0.306 e. The maximum Gasteiger partial charge on any atom is 0.242 e. The van der Waals surface area contributed by atoms with Gasteiger partial charge in [-0.2, -0.15) is 0 Å². The molecule has 0 N–H and O–H groups in total. The van der Waals surface area contributed by atoms with Gasteiger partial charge in [0.15, 0.2) is 5.13 Å². The number of hydrogen-bond donors (Lipinski definition) is 0. The van der Waals surface area contributed by atoms with E-state index in [4.69, 9.17) is 0 Å². The van der Waals surface area contributed by atoms with Crippen LogP contribution in [0.2, 0.25) is 0 Å². The van der Waals surface area contributed by atoms with E-state index < -0.39 is 0 Å². The number of carbonyl (C=O) groups is 1. The molecule has 1 unspecified atom stereocenters. The third-order valence-corrected chi connectivity index (χ3v) is 5.89. The van der Waals surface area contributed by atoms with Crippen molar-refractivity contribution in [2.24, 2.45) is 5.92 Å². The van der Waals surface area contributed by atoms with Crippen molar-refractivity contribution in [3.63, 3.8) is 0 Å². The van der Waals surface area contributed by atoms with Crippen molar-refractivity contribution >= 4 is 32.6 Å². The second kappa shape index (κ2) is 8.25. The van der Waals surface area contributed by atoms with Crippen LogP contribution in [0.3, 0.4) is 0 Å². The molecule has 0 spiro atoms. The SMILES string of the molecule is CCN(C(=O)CN(C)CC1CCCN(C)C1)c1nc2ccccc2s1. The van der Waals surface area contributed by atoms with Crippen LogP contribution in [-0.4, -0.2) is 67.5 Å². The molecule has 25 heavy (non-hydrogen) atoms. The minimum Gasteiger partial charge on any atom is -0.306 e. The van der Waals surface area contributed by atoms with Crippen LogP contribution in [0.5, 0.6) is 0 Å². The van der Waals surface area contributed by atoms with Gasteiger partial charge in [-0.25, -0.2) is 4.98 Å². The number of piperidine rings is 1. The Labute approximate surface area is 154 Å². The van der Waals surface area contributed by atoms with E-state index in [-0.39, 0.29) is 5.91 Å². The molecule has 136 valence electrons.